The van der Waals surface area contributed by atoms with Crippen LogP contribution in [0.4, 0.5) is 10.5 Å². The van der Waals surface area contributed by atoms with Gasteiger partial charge in [-0.3, -0.25) is 4.79 Å². The van der Waals surface area contributed by atoms with E-state index in [1.165, 1.54) is 6.42 Å². The van der Waals surface area contributed by atoms with Gasteiger partial charge in [0.2, 0.25) is 5.91 Å². The predicted octanol–water partition coefficient (Wildman–Crippen LogP) is 1.90. The molecule has 0 bridgehead atoms. The number of methoxy groups -OCH3 is 1. The third-order valence-corrected chi connectivity index (χ3v) is 6.45. The van der Waals surface area contributed by atoms with Crippen LogP contribution in [-0.2, 0) is 14.3 Å². The summed E-state index contributed by atoms with van der Waals surface area (Å²) >= 11 is 0. The monoisotopic (exact) mass is 447 g/mol. The first-order chi connectivity index (χ1) is 15.5. The molecular formula is C23H33N3O6. The Hall–Kier alpha value is -2.36. The van der Waals surface area contributed by atoms with Gasteiger partial charge in [-0.15, -0.1) is 0 Å². The summed E-state index contributed by atoms with van der Waals surface area (Å²) in [6.07, 6.45) is 3.60. The number of nitrogens with one attached hydrogen (secondary N) is 2. The number of hydrogen-bond donors (Lipinski definition) is 3. The van der Waals surface area contributed by atoms with Crippen molar-refractivity contribution in [2.75, 3.05) is 32.2 Å². The van der Waals surface area contributed by atoms with E-state index in [1.54, 1.807) is 36.3 Å². The molecular weight excluding hydrogens is 414 g/mol. The van der Waals surface area contributed by atoms with Crippen LogP contribution in [0.15, 0.2) is 24.3 Å². The number of β-amino-alcohol motifs (C(OH)–C–C–N with tert-alkyl or cyclic N) is 1. The van der Waals surface area contributed by atoms with Crippen LogP contribution >= 0.6 is 0 Å². The summed E-state index contributed by atoms with van der Waals surface area (Å²) in [7, 11) is 1.57. The molecule has 2 saturated heterocycles. The highest BCUT2D eigenvalue weighted by Gasteiger charge is 2.40. The lowest BCUT2D eigenvalue weighted by atomic mass is 9.92. The first kappa shape index (κ1) is 22.8. The number of aliphatic hydroxyl groups excluding tert-OH is 1. The van der Waals surface area contributed by atoms with E-state index in [2.05, 4.69) is 10.6 Å². The molecule has 3 aliphatic rings. The molecule has 3 fully saturated rings. The van der Waals surface area contributed by atoms with E-state index < -0.39 is 6.10 Å². The predicted molar refractivity (Wildman–Crippen MR) is 118 cm³/mol. The zero-order valence-electron chi connectivity index (χ0n) is 18.5. The highest BCUT2D eigenvalue weighted by Crippen LogP contribution is 2.29. The number of urea groups is 1. The van der Waals surface area contributed by atoms with Crippen molar-refractivity contribution in [3.8, 4) is 5.75 Å². The third kappa shape index (κ3) is 5.70. The number of anilines is 1. The minimum absolute atomic E-state index is 0.0213. The Balaban J connectivity index is 1.40. The molecule has 1 aliphatic carbocycles. The molecule has 0 aromatic heterocycles. The number of aliphatic hydroxyl groups is 1. The van der Waals surface area contributed by atoms with E-state index >= 15 is 0 Å². The summed E-state index contributed by atoms with van der Waals surface area (Å²) in [5.74, 6) is 0.666. The van der Waals surface area contributed by atoms with Crippen molar-refractivity contribution < 1.29 is 28.9 Å². The van der Waals surface area contributed by atoms with Crippen molar-refractivity contribution in [2.45, 2.75) is 68.9 Å². The largest absolute Gasteiger partial charge is 0.497 e. The number of carbonyl (C=O) groups excluding carboxylic acids is 2. The lowest BCUT2D eigenvalue weighted by Gasteiger charge is -2.44. The Bertz CT molecular complexity index is 802. The second-order valence-electron chi connectivity index (χ2n) is 8.85. The number of benzene rings is 1. The minimum Gasteiger partial charge on any atom is -0.497 e. The smallest absolute Gasteiger partial charge is 0.322 e. The highest BCUT2D eigenvalue weighted by atomic mass is 16.5. The summed E-state index contributed by atoms with van der Waals surface area (Å²) in [5, 5.41) is 16.3. The van der Waals surface area contributed by atoms with E-state index in [9.17, 15) is 14.7 Å². The van der Waals surface area contributed by atoms with E-state index in [1.807, 2.05) is 0 Å². The van der Waals surface area contributed by atoms with Crippen LogP contribution in [0.2, 0.25) is 0 Å². The van der Waals surface area contributed by atoms with Crippen LogP contribution in [0.3, 0.4) is 0 Å². The molecule has 176 valence electrons. The Morgan fingerprint density at radius 2 is 2.06 bits per heavy atom. The molecule has 1 saturated carbocycles. The Morgan fingerprint density at radius 1 is 1.22 bits per heavy atom. The lowest BCUT2D eigenvalue weighted by Crippen LogP contribution is -2.58. The average Bonchev–Trinajstić information content (AvgIpc) is 2.74. The number of nitrogens with zero attached hydrogens (tertiary/aromatic N) is 1. The van der Waals surface area contributed by atoms with Crippen molar-refractivity contribution in [3.05, 3.63) is 24.3 Å². The number of amides is 3. The van der Waals surface area contributed by atoms with Crippen LogP contribution in [0.5, 0.6) is 5.75 Å². The van der Waals surface area contributed by atoms with Crippen molar-refractivity contribution in [1.29, 1.82) is 0 Å². The van der Waals surface area contributed by atoms with Gasteiger partial charge < -0.3 is 34.9 Å². The average molecular weight is 448 g/mol. The van der Waals surface area contributed by atoms with Gasteiger partial charge in [0.25, 0.3) is 0 Å². The van der Waals surface area contributed by atoms with Crippen molar-refractivity contribution >= 4 is 17.6 Å². The zero-order chi connectivity index (χ0) is 22.5. The zero-order valence-corrected chi connectivity index (χ0v) is 18.5. The molecule has 2 aliphatic heterocycles. The van der Waals surface area contributed by atoms with Crippen LogP contribution in [-0.4, -0.2) is 79.2 Å². The molecule has 2 heterocycles. The fraction of sp³-hybridized carbons (Fsp3) is 0.652. The topological polar surface area (TPSA) is 109 Å². The molecule has 9 heteroatoms. The Kier molecular flexibility index (Phi) is 7.49. The summed E-state index contributed by atoms with van der Waals surface area (Å²) in [6.45, 7) is 0.543. The molecule has 32 heavy (non-hydrogen) atoms. The molecule has 1 aromatic carbocycles. The van der Waals surface area contributed by atoms with Gasteiger partial charge >= 0.3 is 6.03 Å². The molecule has 0 radical (unpaired) electrons. The highest BCUT2D eigenvalue weighted by molar-refractivity contribution is 5.89. The maximum atomic E-state index is 13.2. The standard InChI is InChI=1S/C23H33N3O6/c1-30-18-7-3-6-16(10-18)25-23(29)26-12-17(27)13-31-14-21-20(26)9-8-19(32-21)11-22(28)24-15-4-2-5-15/h3,6-7,10,15,17,19-21,27H,2,4-5,8-9,11-14H2,1H3,(H,24,28)(H,25,29)/t17-,19-,20-,21+/m0/s1. The van der Waals surface area contributed by atoms with Crippen molar-refractivity contribution in [1.82, 2.24) is 10.2 Å². The first-order valence-corrected chi connectivity index (χ1v) is 11.4. The number of ether oxygens (including phenoxy) is 3. The number of hydrogen-bond acceptors (Lipinski definition) is 6. The summed E-state index contributed by atoms with van der Waals surface area (Å²) < 4.78 is 17.1. The fourth-order valence-corrected chi connectivity index (χ4v) is 4.52. The minimum atomic E-state index is -0.780. The molecule has 3 amide bonds. The van der Waals surface area contributed by atoms with Crippen LogP contribution in [0.1, 0.15) is 38.5 Å². The summed E-state index contributed by atoms with van der Waals surface area (Å²) in [5.41, 5.74) is 0.612. The number of carbonyl (C=O) groups is 2. The van der Waals surface area contributed by atoms with Gasteiger partial charge in [0.1, 0.15) is 11.9 Å². The number of fused-ring (bicyclic) bond motifs is 1. The molecule has 1 aromatic rings. The quantitative estimate of drug-likeness (QED) is 0.636. The SMILES string of the molecule is COc1cccc(NC(=O)N2C[C@H](O)COC[C@H]3O[C@H](CC(=O)NC4CCC4)CC[C@@H]32)c1. The van der Waals surface area contributed by atoms with Crippen LogP contribution < -0.4 is 15.4 Å². The number of rotatable bonds is 5. The first-order valence-electron chi connectivity index (χ1n) is 11.4. The third-order valence-electron chi connectivity index (χ3n) is 6.45. The van der Waals surface area contributed by atoms with Crippen LogP contribution in [0.25, 0.3) is 0 Å². The van der Waals surface area contributed by atoms with Gasteiger partial charge in [0.15, 0.2) is 0 Å². The van der Waals surface area contributed by atoms with Gasteiger partial charge in [-0.25, -0.2) is 4.79 Å². The van der Waals surface area contributed by atoms with Gasteiger partial charge in [-0.2, -0.15) is 0 Å². The summed E-state index contributed by atoms with van der Waals surface area (Å²) in [4.78, 5) is 27.1. The maximum Gasteiger partial charge on any atom is 0.322 e. The second-order valence-corrected chi connectivity index (χ2v) is 8.85. The van der Waals surface area contributed by atoms with Crippen molar-refractivity contribution in [3.63, 3.8) is 0 Å². The van der Waals surface area contributed by atoms with Crippen molar-refractivity contribution in [2.24, 2.45) is 0 Å². The molecule has 0 unspecified atom stereocenters. The second kappa shape index (κ2) is 10.5. The lowest BCUT2D eigenvalue weighted by molar-refractivity contribution is -0.150. The normalized spacial score (nSPS) is 28.5. The van der Waals surface area contributed by atoms with E-state index in [0.29, 0.717) is 36.7 Å². The van der Waals surface area contributed by atoms with Gasteiger partial charge in [0.05, 0.1) is 51.5 Å². The van der Waals surface area contributed by atoms with E-state index in [-0.39, 0.29) is 49.9 Å². The molecule has 4 rings (SSSR count). The Morgan fingerprint density at radius 3 is 2.81 bits per heavy atom. The molecule has 9 nitrogen and oxygen atoms in total. The van der Waals surface area contributed by atoms with Gasteiger partial charge in [0, 0.05) is 17.8 Å². The Labute approximate surface area is 188 Å². The summed E-state index contributed by atoms with van der Waals surface area (Å²) in [6, 6.07) is 6.89. The van der Waals surface area contributed by atoms with Gasteiger partial charge in [-0.05, 0) is 44.2 Å². The van der Waals surface area contributed by atoms with E-state index in [0.717, 1.165) is 12.8 Å². The van der Waals surface area contributed by atoms with Gasteiger partial charge in [-0.1, -0.05) is 6.07 Å². The molecule has 3 N–H and O–H groups in total. The molecule has 4 atom stereocenters. The van der Waals surface area contributed by atoms with E-state index in [4.69, 9.17) is 14.2 Å². The molecule has 0 spiro atoms. The van der Waals surface area contributed by atoms with Crippen LogP contribution in [0, 0.1) is 0 Å². The maximum absolute atomic E-state index is 13.2. The fourth-order valence-electron chi connectivity index (χ4n) is 4.52.